The van der Waals surface area contributed by atoms with Crippen molar-refractivity contribution < 1.29 is 19.3 Å². The van der Waals surface area contributed by atoms with Gasteiger partial charge in [-0.3, -0.25) is 0 Å². The van der Waals surface area contributed by atoms with Crippen molar-refractivity contribution in [2.75, 3.05) is 27.3 Å². The van der Waals surface area contributed by atoms with Crippen molar-refractivity contribution in [3.8, 4) is 11.5 Å². The fourth-order valence-electron chi connectivity index (χ4n) is 9.30. The maximum atomic E-state index is 12.8. The molecular formula is C28H41NO4. The fourth-order valence-corrected chi connectivity index (χ4v) is 9.30. The lowest BCUT2D eigenvalue weighted by atomic mass is 9.33. The molecule has 4 fully saturated rings. The van der Waals surface area contributed by atoms with Gasteiger partial charge in [0, 0.05) is 35.0 Å². The zero-order chi connectivity index (χ0) is 23.6. The van der Waals surface area contributed by atoms with E-state index in [1.54, 1.807) is 7.11 Å². The van der Waals surface area contributed by atoms with Crippen LogP contribution in [0.5, 0.6) is 11.5 Å². The maximum absolute atomic E-state index is 12.8. The molecule has 2 aliphatic heterocycles. The lowest BCUT2D eigenvalue weighted by molar-refractivity contribution is -0.310. The number of likely N-dealkylation sites (N-methyl/N-ethyl adjacent to an activating group) is 1. The summed E-state index contributed by atoms with van der Waals surface area (Å²) >= 11 is 0. The Kier molecular flexibility index (Phi) is 4.35. The number of hydrogen-bond donors (Lipinski definition) is 1. The molecule has 1 aromatic rings. The van der Waals surface area contributed by atoms with Crippen molar-refractivity contribution in [2.24, 2.45) is 16.7 Å². The van der Waals surface area contributed by atoms with E-state index in [2.05, 4.69) is 58.7 Å². The van der Waals surface area contributed by atoms with Crippen LogP contribution in [0.15, 0.2) is 12.1 Å². The number of aliphatic hydroxyl groups is 1. The number of piperidine rings is 1. The average molecular weight is 456 g/mol. The molecule has 7 rings (SSSR count). The van der Waals surface area contributed by atoms with Gasteiger partial charge in [0.15, 0.2) is 11.5 Å². The van der Waals surface area contributed by atoms with Crippen LogP contribution in [-0.4, -0.2) is 60.7 Å². The van der Waals surface area contributed by atoms with E-state index in [9.17, 15) is 5.11 Å². The fraction of sp³-hybridized carbons (Fsp3) is 0.786. The predicted molar refractivity (Wildman–Crippen MR) is 128 cm³/mol. The van der Waals surface area contributed by atoms with E-state index in [1.807, 2.05) is 0 Å². The van der Waals surface area contributed by atoms with E-state index in [0.717, 1.165) is 50.1 Å². The van der Waals surface area contributed by atoms with Crippen LogP contribution in [0.25, 0.3) is 0 Å². The summed E-state index contributed by atoms with van der Waals surface area (Å²) in [5, 5.41) is 12.8. The van der Waals surface area contributed by atoms with E-state index in [0.29, 0.717) is 12.6 Å². The maximum Gasteiger partial charge on any atom is 0.165 e. The van der Waals surface area contributed by atoms with Crippen molar-refractivity contribution >= 4 is 0 Å². The molecule has 1 N–H and O–H groups in total. The largest absolute Gasteiger partial charge is 0.493 e. The lowest BCUT2D eigenvalue weighted by Crippen LogP contribution is -2.82. The Balaban J connectivity index is 1.62. The predicted octanol–water partition coefficient (Wildman–Crippen LogP) is 4.33. The lowest BCUT2D eigenvalue weighted by Gasteiger charge is -2.75. The van der Waals surface area contributed by atoms with E-state index < -0.39 is 11.2 Å². The Morgan fingerprint density at radius 3 is 2.61 bits per heavy atom. The van der Waals surface area contributed by atoms with Gasteiger partial charge in [0.2, 0.25) is 0 Å². The van der Waals surface area contributed by atoms with Crippen LogP contribution >= 0.6 is 0 Å². The number of rotatable bonds is 4. The van der Waals surface area contributed by atoms with E-state index in [-0.39, 0.29) is 28.3 Å². The summed E-state index contributed by atoms with van der Waals surface area (Å²) in [4.78, 5) is 2.61. The minimum Gasteiger partial charge on any atom is -0.493 e. The second-order valence-electron chi connectivity index (χ2n) is 12.7. The van der Waals surface area contributed by atoms with Gasteiger partial charge in [-0.1, -0.05) is 26.8 Å². The van der Waals surface area contributed by atoms with E-state index in [4.69, 9.17) is 14.2 Å². The molecule has 3 saturated carbocycles. The highest BCUT2D eigenvalue weighted by atomic mass is 16.5. The van der Waals surface area contributed by atoms with Gasteiger partial charge in [-0.2, -0.15) is 0 Å². The van der Waals surface area contributed by atoms with Gasteiger partial charge in [0.25, 0.3) is 0 Å². The summed E-state index contributed by atoms with van der Waals surface area (Å²) < 4.78 is 19.4. The summed E-state index contributed by atoms with van der Waals surface area (Å²) in [7, 11) is 4.04. The molecule has 1 saturated heterocycles. The van der Waals surface area contributed by atoms with Crippen LogP contribution < -0.4 is 9.47 Å². The van der Waals surface area contributed by atoms with Crippen LogP contribution in [0.1, 0.15) is 71.4 Å². The molecule has 0 radical (unpaired) electrons. The van der Waals surface area contributed by atoms with Crippen LogP contribution in [0, 0.1) is 16.7 Å². The highest BCUT2D eigenvalue weighted by Crippen LogP contribution is 2.77. The van der Waals surface area contributed by atoms with Gasteiger partial charge >= 0.3 is 0 Å². The second-order valence-corrected chi connectivity index (χ2v) is 12.7. The molecule has 182 valence electrons. The molecule has 2 heterocycles. The zero-order valence-electron chi connectivity index (χ0n) is 21.5. The molecule has 6 aliphatic rings. The van der Waals surface area contributed by atoms with Crippen molar-refractivity contribution in [1.29, 1.82) is 0 Å². The van der Waals surface area contributed by atoms with Gasteiger partial charge in [-0.05, 0) is 76.6 Å². The van der Waals surface area contributed by atoms with Crippen LogP contribution in [0.4, 0.5) is 0 Å². The molecule has 5 nitrogen and oxygen atoms in total. The van der Waals surface area contributed by atoms with Crippen molar-refractivity contribution in [1.82, 2.24) is 4.90 Å². The van der Waals surface area contributed by atoms with E-state index in [1.165, 1.54) is 11.1 Å². The first-order chi connectivity index (χ1) is 15.5. The molecule has 4 aliphatic carbocycles. The van der Waals surface area contributed by atoms with Gasteiger partial charge in [0.05, 0.1) is 12.7 Å². The molecule has 1 aromatic carbocycles. The standard InChI is InChI=1S/C28H41NO4/c1-8-32-25(5,24(2,3)4)19-16-26-11-12-28(19,30)23-27(26)13-14-29(6)20(26)15-17-9-10-18(31-7)22(33-23)21(17)27/h9-10,19-20,23,30H,8,11-16H2,1-7H3/t19-,20-,23-,25+,26-,27+,28-/m1/s1. The summed E-state index contributed by atoms with van der Waals surface area (Å²) in [6, 6.07) is 4.79. The Bertz CT molecular complexity index is 1000. The van der Waals surface area contributed by atoms with Gasteiger partial charge < -0.3 is 24.2 Å². The zero-order valence-corrected chi connectivity index (χ0v) is 21.5. The van der Waals surface area contributed by atoms with Gasteiger partial charge in [-0.25, -0.2) is 0 Å². The first kappa shape index (κ1) is 22.2. The topological polar surface area (TPSA) is 51.2 Å². The molecule has 33 heavy (non-hydrogen) atoms. The average Bonchev–Trinajstić information content (AvgIpc) is 3.13. The molecule has 7 atom stereocenters. The minimum atomic E-state index is -0.932. The molecule has 4 bridgehead atoms. The summed E-state index contributed by atoms with van der Waals surface area (Å²) in [5.41, 5.74) is 1.19. The van der Waals surface area contributed by atoms with E-state index >= 15 is 0 Å². The SMILES string of the molecule is CCO[C@@](C)([C@H]1C[C@@]23CC[C@]1(O)[C@@H]1Oc4c(OC)ccc5c4[C@@]12CCN(C)[C@@H]3C5)C(C)(C)C. The minimum absolute atomic E-state index is 0.00711. The van der Waals surface area contributed by atoms with Crippen molar-refractivity contribution in [3.05, 3.63) is 23.3 Å². The summed E-state index contributed by atoms with van der Waals surface area (Å²) in [6.07, 6.45) is 4.65. The normalized spacial score (nSPS) is 42.5. The Morgan fingerprint density at radius 2 is 1.94 bits per heavy atom. The first-order valence-electron chi connectivity index (χ1n) is 12.9. The Labute approximate surface area is 198 Å². The molecule has 0 aromatic heterocycles. The summed E-state index contributed by atoms with van der Waals surface area (Å²) in [6.45, 7) is 12.8. The molecular weight excluding hydrogens is 414 g/mol. The third kappa shape index (κ3) is 2.26. The third-order valence-electron chi connectivity index (χ3n) is 11.1. The van der Waals surface area contributed by atoms with Gasteiger partial charge in [-0.15, -0.1) is 0 Å². The Morgan fingerprint density at radius 1 is 1.18 bits per heavy atom. The number of likely N-dealkylation sites (tertiary alicyclic amines) is 1. The highest BCUT2D eigenvalue weighted by Gasteiger charge is 2.81. The summed E-state index contributed by atoms with van der Waals surface area (Å²) in [5.74, 6) is 1.72. The Hall–Kier alpha value is -1.30. The quantitative estimate of drug-likeness (QED) is 0.733. The van der Waals surface area contributed by atoms with Crippen LogP contribution in [0.3, 0.4) is 0 Å². The number of ether oxygens (including phenoxy) is 3. The number of benzene rings is 1. The number of fused-ring (bicyclic) bond motifs is 2. The molecule has 5 heteroatoms. The second kappa shape index (κ2) is 6.47. The highest BCUT2D eigenvalue weighted by molar-refractivity contribution is 5.63. The van der Waals surface area contributed by atoms with Crippen LogP contribution in [-0.2, 0) is 16.6 Å². The smallest absolute Gasteiger partial charge is 0.165 e. The first-order valence-corrected chi connectivity index (χ1v) is 12.9. The van der Waals surface area contributed by atoms with Crippen molar-refractivity contribution in [2.45, 2.75) is 95.5 Å². The van der Waals surface area contributed by atoms with Crippen LogP contribution in [0.2, 0.25) is 0 Å². The van der Waals surface area contributed by atoms with Crippen molar-refractivity contribution in [3.63, 3.8) is 0 Å². The number of nitrogens with zero attached hydrogens (tertiary/aromatic N) is 1. The number of methoxy groups -OCH3 is 1. The molecule has 0 amide bonds. The van der Waals surface area contributed by atoms with Gasteiger partial charge in [0.1, 0.15) is 11.7 Å². The third-order valence-corrected chi connectivity index (χ3v) is 11.1. The number of hydrogen-bond acceptors (Lipinski definition) is 5. The monoisotopic (exact) mass is 455 g/mol. The molecule has 2 spiro atoms. The molecule has 0 unspecified atom stereocenters.